The van der Waals surface area contributed by atoms with Crippen molar-refractivity contribution >= 4 is 10.2 Å². The van der Waals surface area contributed by atoms with E-state index >= 15 is 0 Å². The fourth-order valence-electron chi connectivity index (χ4n) is 2.15. The average molecular weight is 258 g/mol. The summed E-state index contributed by atoms with van der Waals surface area (Å²) >= 11 is 0. The van der Waals surface area contributed by atoms with Crippen LogP contribution in [0.3, 0.4) is 0 Å². The van der Waals surface area contributed by atoms with Gasteiger partial charge in [0.05, 0.1) is 11.7 Å². The highest BCUT2D eigenvalue weighted by Gasteiger charge is 2.35. The average Bonchev–Trinajstić information content (AvgIpc) is 2.82. The fraction of sp³-hybridized carbons (Fsp3) is 0.700. The van der Waals surface area contributed by atoms with Crippen molar-refractivity contribution in [2.45, 2.75) is 25.3 Å². The molecule has 1 saturated heterocycles. The van der Waals surface area contributed by atoms with Crippen LogP contribution in [0.25, 0.3) is 0 Å². The van der Waals surface area contributed by atoms with E-state index in [-0.39, 0.29) is 6.04 Å². The van der Waals surface area contributed by atoms with Crippen LogP contribution < -0.4 is 0 Å². The third kappa shape index (κ3) is 2.36. The van der Waals surface area contributed by atoms with Crippen molar-refractivity contribution < 1.29 is 8.42 Å². The Morgan fingerprint density at radius 1 is 1.47 bits per heavy atom. The third-order valence-electron chi connectivity index (χ3n) is 3.09. The Labute approximate surface area is 102 Å². The van der Waals surface area contributed by atoms with E-state index in [1.54, 1.807) is 24.6 Å². The zero-order chi connectivity index (χ0) is 12.5. The predicted molar refractivity (Wildman–Crippen MR) is 64.5 cm³/mol. The molecule has 2 heterocycles. The molecule has 7 heteroatoms. The number of nitrogens with one attached hydrogen (secondary N) is 1. The van der Waals surface area contributed by atoms with Gasteiger partial charge in [-0.3, -0.25) is 5.10 Å². The van der Waals surface area contributed by atoms with Gasteiger partial charge in [0.15, 0.2) is 0 Å². The minimum atomic E-state index is -3.36. The monoisotopic (exact) mass is 258 g/mol. The first-order valence-electron chi connectivity index (χ1n) is 5.72. The quantitative estimate of drug-likeness (QED) is 0.869. The Morgan fingerprint density at radius 2 is 2.24 bits per heavy atom. The van der Waals surface area contributed by atoms with Gasteiger partial charge in [-0.1, -0.05) is 6.42 Å². The van der Waals surface area contributed by atoms with Crippen molar-refractivity contribution in [3.8, 4) is 0 Å². The van der Waals surface area contributed by atoms with Crippen LogP contribution in [0.4, 0.5) is 0 Å². The lowest BCUT2D eigenvalue weighted by atomic mass is 10.0. The molecule has 0 aliphatic carbocycles. The number of piperidine rings is 1. The summed E-state index contributed by atoms with van der Waals surface area (Å²) in [6.45, 7) is 0.574. The lowest BCUT2D eigenvalue weighted by Crippen LogP contribution is -2.44. The molecule has 1 aromatic rings. The van der Waals surface area contributed by atoms with E-state index in [2.05, 4.69) is 10.2 Å². The predicted octanol–water partition coefficient (Wildman–Crippen LogP) is 0.743. The van der Waals surface area contributed by atoms with Gasteiger partial charge in [0.2, 0.25) is 0 Å². The largest absolute Gasteiger partial charge is 0.282 e. The van der Waals surface area contributed by atoms with E-state index in [4.69, 9.17) is 0 Å². The van der Waals surface area contributed by atoms with Crippen LogP contribution in [-0.2, 0) is 10.2 Å². The Hall–Kier alpha value is -0.920. The van der Waals surface area contributed by atoms with Gasteiger partial charge >= 0.3 is 0 Å². The third-order valence-corrected chi connectivity index (χ3v) is 5.05. The van der Waals surface area contributed by atoms with E-state index in [1.807, 2.05) is 6.07 Å². The van der Waals surface area contributed by atoms with Crippen LogP contribution in [0.5, 0.6) is 0 Å². The second kappa shape index (κ2) is 4.75. The first-order chi connectivity index (χ1) is 8.03. The van der Waals surface area contributed by atoms with Crippen LogP contribution in [0.2, 0.25) is 0 Å². The maximum Gasteiger partial charge on any atom is 0.282 e. The van der Waals surface area contributed by atoms with Gasteiger partial charge in [0, 0.05) is 26.8 Å². The normalized spacial score (nSPS) is 23.1. The second-order valence-electron chi connectivity index (χ2n) is 4.42. The summed E-state index contributed by atoms with van der Waals surface area (Å²) in [6, 6.07) is 1.73. The summed E-state index contributed by atoms with van der Waals surface area (Å²) in [5, 5.41) is 6.77. The summed E-state index contributed by atoms with van der Waals surface area (Å²) in [4.78, 5) is 0. The zero-order valence-electron chi connectivity index (χ0n) is 10.1. The molecule has 1 atom stereocenters. The van der Waals surface area contributed by atoms with E-state index < -0.39 is 10.2 Å². The SMILES string of the molecule is CN(C)S(=O)(=O)N1CCCC[C@@H]1c1ccn[nH]1. The van der Waals surface area contributed by atoms with Crippen LogP contribution in [0.15, 0.2) is 12.3 Å². The van der Waals surface area contributed by atoms with Crippen LogP contribution in [-0.4, -0.2) is 47.9 Å². The van der Waals surface area contributed by atoms with Gasteiger partial charge in [-0.05, 0) is 18.9 Å². The molecule has 1 aliphatic rings. The standard InChI is InChI=1S/C10H18N4O2S/c1-13(2)17(15,16)14-8-4-3-5-10(14)9-6-7-11-12-9/h6-7,10H,3-5,8H2,1-2H3,(H,11,12)/t10-/m1/s1. The van der Waals surface area contributed by atoms with E-state index in [1.165, 1.54) is 4.31 Å². The number of rotatable bonds is 3. The summed E-state index contributed by atoms with van der Waals surface area (Å²) in [5.74, 6) is 0. The second-order valence-corrected chi connectivity index (χ2v) is 6.52. The van der Waals surface area contributed by atoms with Gasteiger partial charge in [-0.2, -0.15) is 22.1 Å². The lowest BCUT2D eigenvalue weighted by molar-refractivity contribution is 0.238. The molecule has 0 aromatic carbocycles. The van der Waals surface area contributed by atoms with Gasteiger partial charge in [-0.15, -0.1) is 0 Å². The van der Waals surface area contributed by atoms with Crippen molar-refractivity contribution in [1.82, 2.24) is 18.8 Å². The Morgan fingerprint density at radius 3 is 2.82 bits per heavy atom. The molecule has 0 spiro atoms. The molecule has 2 rings (SSSR count). The van der Waals surface area contributed by atoms with Crippen molar-refractivity contribution in [3.05, 3.63) is 18.0 Å². The fourth-order valence-corrected chi connectivity index (χ4v) is 3.47. The Kier molecular flexibility index (Phi) is 3.50. The molecule has 0 bridgehead atoms. The highest BCUT2D eigenvalue weighted by atomic mass is 32.2. The molecule has 0 amide bonds. The van der Waals surface area contributed by atoms with Crippen LogP contribution in [0, 0.1) is 0 Å². The van der Waals surface area contributed by atoms with Gasteiger partial charge < -0.3 is 0 Å². The Bertz CT molecular complexity index is 455. The number of H-pyrrole nitrogens is 1. The molecule has 6 nitrogen and oxygen atoms in total. The highest BCUT2D eigenvalue weighted by Crippen LogP contribution is 2.32. The zero-order valence-corrected chi connectivity index (χ0v) is 10.9. The van der Waals surface area contributed by atoms with Crippen molar-refractivity contribution in [2.24, 2.45) is 0 Å². The maximum absolute atomic E-state index is 12.2. The number of aromatic amines is 1. The molecule has 0 unspecified atom stereocenters. The molecular formula is C10H18N4O2S. The van der Waals surface area contributed by atoms with E-state index in [0.29, 0.717) is 6.54 Å². The first kappa shape index (κ1) is 12.5. The summed E-state index contributed by atoms with van der Waals surface area (Å²) in [6.07, 6.45) is 4.46. The van der Waals surface area contributed by atoms with E-state index in [0.717, 1.165) is 25.0 Å². The smallest absolute Gasteiger partial charge is 0.281 e. The van der Waals surface area contributed by atoms with Gasteiger partial charge in [-0.25, -0.2) is 0 Å². The molecule has 1 fully saturated rings. The highest BCUT2D eigenvalue weighted by molar-refractivity contribution is 7.86. The van der Waals surface area contributed by atoms with Crippen molar-refractivity contribution in [2.75, 3.05) is 20.6 Å². The molecule has 1 N–H and O–H groups in total. The summed E-state index contributed by atoms with van der Waals surface area (Å²) in [7, 11) is -0.229. The minimum absolute atomic E-state index is 0.112. The number of aromatic nitrogens is 2. The summed E-state index contributed by atoms with van der Waals surface area (Å²) in [5.41, 5.74) is 0.870. The summed E-state index contributed by atoms with van der Waals surface area (Å²) < 4.78 is 27.2. The van der Waals surface area contributed by atoms with Crippen LogP contribution in [0.1, 0.15) is 31.0 Å². The molecular weight excluding hydrogens is 240 g/mol. The molecule has 1 aromatic heterocycles. The van der Waals surface area contributed by atoms with Crippen LogP contribution >= 0.6 is 0 Å². The molecule has 17 heavy (non-hydrogen) atoms. The number of hydrogen-bond donors (Lipinski definition) is 1. The molecule has 0 saturated carbocycles. The first-order valence-corrected chi connectivity index (χ1v) is 7.12. The Balaban J connectivity index is 2.31. The van der Waals surface area contributed by atoms with Gasteiger partial charge in [0.25, 0.3) is 10.2 Å². The number of nitrogens with zero attached hydrogens (tertiary/aromatic N) is 3. The molecule has 1 aliphatic heterocycles. The van der Waals surface area contributed by atoms with E-state index in [9.17, 15) is 8.42 Å². The number of hydrogen-bond acceptors (Lipinski definition) is 3. The molecule has 96 valence electrons. The topological polar surface area (TPSA) is 69.3 Å². The molecule has 0 radical (unpaired) electrons. The maximum atomic E-state index is 12.2. The minimum Gasteiger partial charge on any atom is -0.281 e. The van der Waals surface area contributed by atoms with Crippen molar-refractivity contribution in [3.63, 3.8) is 0 Å². The lowest BCUT2D eigenvalue weighted by Gasteiger charge is -2.35. The van der Waals surface area contributed by atoms with Gasteiger partial charge in [0.1, 0.15) is 0 Å². The van der Waals surface area contributed by atoms with Crippen molar-refractivity contribution in [1.29, 1.82) is 0 Å².